The lowest BCUT2D eigenvalue weighted by molar-refractivity contribution is 0.0892. The number of aliphatic hydroxyl groups excluding tert-OH is 1. The van der Waals surface area contributed by atoms with E-state index in [1.54, 1.807) is 0 Å². The third-order valence-corrected chi connectivity index (χ3v) is 3.69. The Labute approximate surface area is 120 Å². The first-order chi connectivity index (χ1) is 8.38. The van der Waals surface area contributed by atoms with Gasteiger partial charge in [0.1, 0.15) is 5.69 Å². The molecule has 0 radical (unpaired) electrons. The first kappa shape index (κ1) is 15.5. The average Bonchev–Trinajstić information content (AvgIpc) is 2.32. The molecule has 100 valence electrons. The lowest BCUT2D eigenvalue weighted by Gasteiger charge is -2.20. The number of hydrogen-bond acceptors (Lipinski definition) is 3. The van der Waals surface area contributed by atoms with Crippen molar-refractivity contribution in [3.8, 4) is 0 Å². The van der Waals surface area contributed by atoms with E-state index in [1.165, 1.54) is 6.20 Å². The van der Waals surface area contributed by atoms with E-state index in [4.69, 9.17) is 39.9 Å². The Morgan fingerprint density at radius 1 is 1.39 bits per heavy atom. The van der Waals surface area contributed by atoms with Crippen LogP contribution < -0.4 is 5.32 Å². The van der Waals surface area contributed by atoms with Crippen LogP contribution in [0, 0.1) is 5.92 Å². The van der Waals surface area contributed by atoms with Crippen molar-refractivity contribution >= 4 is 40.7 Å². The van der Waals surface area contributed by atoms with E-state index in [1.807, 2.05) is 13.8 Å². The summed E-state index contributed by atoms with van der Waals surface area (Å²) in [5.74, 6) is -0.410. The van der Waals surface area contributed by atoms with E-state index in [-0.39, 0.29) is 39.3 Å². The Bertz CT molecular complexity index is 452. The van der Waals surface area contributed by atoms with Crippen LogP contribution in [0.4, 0.5) is 0 Å². The van der Waals surface area contributed by atoms with Crippen LogP contribution in [0.3, 0.4) is 0 Å². The van der Waals surface area contributed by atoms with Crippen LogP contribution in [0.1, 0.15) is 24.3 Å². The minimum Gasteiger partial charge on any atom is -0.394 e. The molecule has 18 heavy (non-hydrogen) atoms. The van der Waals surface area contributed by atoms with Crippen molar-refractivity contribution < 1.29 is 9.90 Å². The predicted octanol–water partition coefficient (Wildman–Crippen LogP) is 2.79. The van der Waals surface area contributed by atoms with E-state index < -0.39 is 5.91 Å². The fourth-order valence-electron chi connectivity index (χ4n) is 1.26. The molecule has 0 unspecified atom stereocenters. The van der Waals surface area contributed by atoms with E-state index in [9.17, 15) is 4.79 Å². The van der Waals surface area contributed by atoms with Crippen LogP contribution in [0.15, 0.2) is 6.20 Å². The number of hydrogen-bond donors (Lipinski definition) is 2. The molecule has 0 aromatic carbocycles. The van der Waals surface area contributed by atoms with Gasteiger partial charge in [0, 0.05) is 6.20 Å². The Morgan fingerprint density at radius 3 is 2.50 bits per heavy atom. The highest BCUT2D eigenvalue weighted by Gasteiger charge is 2.21. The molecule has 0 fully saturated rings. The average molecular weight is 312 g/mol. The highest BCUT2D eigenvalue weighted by Crippen LogP contribution is 2.31. The second-order valence-electron chi connectivity index (χ2n) is 4.09. The normalized spacial score (nSPS) is 12.6. The lowest BCUT2D eigenvalue weighted by Crippen LogP contribution is -2.41. The van der Waals surface area contributed by atoms with E-state index in [0.29, 0.717) is 0 Å². The number of nitrogens with zero attached hydrogens (tertiary/aromatic N) is 1. The van der Waals surface area contributed by atoms with Crippen LogP contribution in [-0.2, 0) is 0 Å². The fraction of sp³-hybridized carbons (Fsp3) is 0.455. The van der Waals surface area contributed by atoms with Gasteiger partial charge in [0.25, 0.3) is 5.91 Å². The molecule has 1 amide bonds. The van der Waals surface area contributed by atoms with Gasteiger partial charge in [0.05, 0.1) is 27.7 Å². The second-order valence-corrected chi connectivity index (χ2v) is 5.25. The van der Waals surface area contributed by atoms with E-state index in [2.05, 4.69) is 10.3 Å². The highest BCUT2D eigenvalue weighted by atomic mass is 35.5. The standard InChI is InChI=1S/C11H13Cl3N2O2/c1-5(2)7(4-17)16-11(18)10-9(14)8(13)6(12)3-15-10/h3,5,7,17H,4H2,1-2H3,(H,16,18)/t7-/m1/s1. The number of carbonyl (C=O) groups is 1. The van der Waals surface area contributed by atoms with Crippen molar-refractivity contribution in [2.75, 3.05) is 6.61 Å². The zero-order valence-electron chi connectivity index (χ0n) is 9.88. The number of pyridine rings is 1. The van der Waals surface area contributed by atoms with Crippen LogP contribution in [0.2, 0.25) is 15.1 Å². The van der Waals surface area contributed by atoms with Gasteiger partial charge in [-0.15, -0.1) is 0 Å². The molecule has 1 atom stereocenters. The van der Waals surface area contributed by atoms with Crippen LogP contribution >= 0.6 is 34.8 Å². The van der Waals surface area contributed by atoms with Gasteiger partial charge < -0.3 is 10.4 Å². The van der Waals surface area contributed by atoms with Crippen LogP contribution in [0.5, 0.6) is 0 Å². The molecule has 0 aliphatic heterocycles. The van der Waals surface area contributed by atoms with Crippen molar-refractivity contribution in [2.24, 2.45) is 5.92 Å². The first-order valence-corrected chi connectivity index (χ1v) is 6.43. The fourth-order valence-corrected chi connectivity index (χ4v) is 1.83. The smallest absolute Gasteiger partial charge is 0.271 e. The summed E-state index contributed by atoms with van der Waals surface area (Å²) in [6, 6.07) is -0.371. The van der Waals surface area contributed by atoms with Crippen molar-refractivity contribution in [1.82, 2.24) is 10.3 Å². The van der Waals surface area contributed by atoms with Gasteiger partial charge in [-0.3, -0.25) is 4.79 Å². The molecule has 1 aromatic heterocycles. The maximum absolute atomic E-state index is 11.9. The number of amides is 1. The summed E-state index contributed by atoms with van der Waals surface area (Å²) in [6.07, 6.45) is 1.26. The number of rotatable bonds is 4. The molecular weight excluding hydrogens is 298 g/mol. The highest BCUT2D eigenvalue weighted by molar-refractivity contribution is 6.48. The van der Waals surface area contributed by atoms with Gasteiger partial charge in [0.15, 0.2) is 0 Å². The number of halogens is 3. The minimum atomic E-state index is -0.494. The summed E-state index contributed by atoms with van der Waals surface area (Å²) < 4.78 is 0. The maximum atomic E-state index is 11.9. The SMILES string of the molecule is CC(C)[C@@H](CO)NC(=O)c1ncc(Cl)c(Cl)c1Cl. The number of carbonyl (C=O) groups excluding carboxylic acids is 1. The van der Waals surface area contributed by atoms with Crippen molar-refractivity contribution in [1.29, 1.82) is 0 Å². The van der Waals surface area contributed by atoms with Gasteiger partial charge in [-0.25, -0.2) is 4.98 Å². The molecule has 7 heteroatoms. The minimum absolute atomic E-state index is 0.00196. The molecule has 2 N–H and O–H groups in total. The molecule has 1 rings (SSSR count). The summed E-state index contributed by atoms with van der Waals surface area (Å²) in [4.78, 5) is 15.8. The van der Waals surface area contributed by atoms with Crippen molar-refractivity contribution in [3.05, 3.63) is 27.0 Å². The quantitative estimate of drug-likeness (QED) is 0.899. The maximum Gasteiger partial charge on any atom is 0.271 e. The molecule has 4 nitrogen and oxygen atoms in total. The second kappa shape index (κ2) is 6.57. The third-order valence-electron chi connectivity index (χ3n) is 2.45. The van der Waals surface area contributed by atoms with Crippen molar-refractivity contribution in [2.45, 2.75) is 19.9 Å². The Hall–Kier alpha value is -0.550. The molecular formula is C11H13Cl3N2O2. The third kappa shape index (κ3) is 3.48. The molecule has 1 aromatic rings. The first-order valence-electron chi connectivity index (χ1n) is 5.29. The van der Waals surface area contributed by atoms with Gasteiger partial charge in [-0.05, 0) is 5.92 Å². The molecule has 0 spiro atoms. The summed E-state index contributed by atoms with van der Waals surface area (Å²) >= 11 is 17.4. The van der Waals surface area contributed by atoms with Gasteiger partial charge in [-0.1, -0.05) is 48.7 Å². The number of aliphatic hydroxyl groups is 1. The Balaban J connectivity index is 2.95. The largest absolute Gasteiger partial charge is 0.394 e. The molecule has 0 saturated carbocycles. The summed E-state index contributed by atoms with van der Waals surface area (Å²) in [7, 11) is 0. The molecule has 0 aliphatic rings. The zero-order chi connectivity index (χ0) is 13.9. The Kier molecular flexibility index (Phi) is 5.66. The number of nitrogens with one attached hydrogen (secondary N) is 1. The summed E-state index contributed by atoms with van der Waals surface area (Å²) in [6.45, 7) is 3.60. The number of aromatic nitrogens is 1. The van der Waals surface area contributed by atoms with Crippen LogP contribution in [-0.4, -0.2) is 28.6 Å². The van der Waals surface area contributed by atoms with E-state index >= 15 is 0 Å². The van der Waals surface area contributed by atoms with Gasteiger partial charge in [-0.2, -0.15) is 0 Å². The van der Waals surface area contributed by atoms with Crippen LogP contribution in [0.25, 0.3) is 0 Å². The van der Waals surface area contributed by atoms with E-state index in [0.717, 1.165) is 0 Å². The lowest BCUT2D eigenvalue weighted by atomic mass is 10.1. The molecule has 0 saturated heterocycles. The molecule has 0 bridgehead atoms. The molecule has 0 aliphatic carbocycles. The monoisotopic (exact) mass is 310 g/mol. The van der Waals surface area contributed by atoms with Gasteiger partial charge in [0.2, 0.25) is 0 Å². The van der Waals surface area contributed by atoms with Gasteiger partial charge >= 0.3 is 0 Å². The topological polar surface area (TPSA) is 62.2 Å². The predicted molar refractivity (Wildman–Crippen MR) is 72.4 cm³/mol. The molecule has 1 heterocycles. The van der Waals surface area contributed by atoms with Crippen molar-refractivity contribution in [3.63, 3.8) is 0 Å². The summed E-state index contributed by atoms with van der Waals surface area (Å²) in [5, 5.41) is 12.0. The Morgan fingerprint density at radius 2 is 2.00 bits per heavy atom. The summed E-state index contributed by atoms with van der Waals surface area (Å²) in [5.41, 5.74) is -0.00910. The zero-order valence-corrected chi connectivity index (χ0v) is 12.1.